The molecule has 4 heteroatoms. The van der Waals surface area contributed by atoms with Gasteiger partial charge in [-0.25, -0.2) is 0 Å². The van der Waals surface area contributed by atoms with Crippen molar-refractivity contribution in [3.05, 3.63) is 96.3 Å². The molecule has 4 rings (SSSR count). The van der Waals surface area contributed by atoms with Gasteiger partial charge in [-0.05, 0) is 43.9 Å². The summed E-state index contributed by atoms with van der Waals surface area (Å²) >= 11 is 6.25. The SMILES string of the molecule is O=C1CN=C(c2ccccc2)c2cc(Cl)ccc2N1C[C]1[CH][CH][CH][CH]1. The molecule has 1 saturated carbocycles. The zero-order valence-electron chi connectivity index (χ0n) is 13.5. The zero-order valence-corrected chi connectivity index (χ0v) is 14.3. The molecule has 2 aromatic carbocycles. The van der Waals surface area contributed by atoms with Gasteiger partial charge in [0.2, 0.25) is 5.91 Å². The first-order chi connectivity index (χ1) is 12.2. The fraction of sp³-hybridized carbons (Fsp3) is 0.0952. The van der Waals surface area contributed by atoms with Crippen molar-refractivity contribution in [1.29, 1.82) is 0 Å². The molecule has 5 radical (unpaired) electrons. The second kappa shape index (κ2) is 7.01. The van der Waals surface area contributed by atoms with Crippen molar-refractivity contribution < 1.29 is 4.79 Å². The lowest BCUT2D eigenvalue weighted by Gasteiger charge is -2.25. The van der Waals surface area contributed by atoms with Gasteiger partial charge in [0, 0.05) is 28.6 Å². The Morgan fingerprint density at radius 3 is 2.56 bits per heavy atom. The molecule has 0 bridgehead atoms. The van der Waals surface area contributed by atoms with Gasteiger partial charge in [0.15, 0.2) is 0 Å². The molecule has 2 aliphatic rings. The van der Waals surface area contributed by atoms with Crippen LogP contribution in [0.5, 0.6) is 0 Å². The van der Waals surface area contributed by atoms with Crippen LogP contribution in [0, 0.1) is 31.6 Å². The van der Waals surface area contributed by atoms with Crippen LogP contribution in [-0.4, -0.2) is 24.7 Å². The van der Waals surface area contributed by atoms with Crippen LogP contribution < -0.4 is 4.90 Å². The lowest BCUT2D eigenvalue weighted by molar-refractivity contribution is -0.117. The predicted molar refractivity (Wildman–Crippen MR) is 101 cm³/mol. The number of benzodiazepines with no additional fused rings is 1. The Labute approximate surface area is 153 Å². The molecule has 1 aliphatic heterocycles. The quantitative estimate of drug-likeness (QED) is 0.828. The highest BCUT2D eigenvalue weighted by molar-refractivity contribution is 6.32. The van der Waals surface area contributed by atoms with Crippen molar-refractivity contribution in [2.45, 2.75) is 0 Å². The number of anilines is 1. The summed E-state index contributed by atoms with van der Waals surface area (Å²) in [5.41, 5.74) is 3.51. The summed E-state index contributed by atoms with van der Waals surface area (Å²) in [6, 6.07) is 15.5. The van der Waals surface area contributed by atoms with E-state index in [2.05, 4.69) is 4.99 Å². The van der Waals surface area contributed by atoms with Gasteiger partial charge in [-0.3, -0.25) is 9.79 Å². The Kier molecular flexibility index (Phi) is 4.58. The first kappa shape index (κ1) is 16.3. The van der Waals surface area contributed by atoms with Crippen molar-refractivity contribution in [1.82, 2.24) is 0 Å². The maximum atomic E-state index is 12.8. The Balaban J connectivity index is 1.78. The summed E-state index contributed by atoms with van der Waals surface area (Å²) in [6.07, 6.45) is 8.00. The summed E-state index contributed by atoms with van der Waals surface area (Å²) in [7, 11) is 0. The molecule has 123 valence electrons. The van der Waals surface area contributed by atoms with Gasteiger partial charge in [-0.2, -0.15) is 0 Å². The van der Waals surface area contributed by atoms with E-state index in [-0.39, 0.29) is 12.5 Å². The minimum atomic E-state index is -0.0179. The number of aliphatic imine (C=N–C) groups is 1. The number of hydrogen-bond donors (Lipinski definition) is 0. The fourth-order valence-corrected chi connectivity index (χ4v) is 3.27. The van der Waals surface area contributed by atoms with E-state index in [4.69, 9.17) is 11.6 Å². The molecule has 3 nitrogen and oxygen atoms in total. The number of benzene rings is 2. The van der Waals surface area contributed by atoms with E-state index in [9.17, 15) is 4.79 Å². The average Bonchev–Trinajstić information content (AvgIpc) is 3.10. The molecule has 0 spiro atoms. The van der Waals surface area contributed by atoms with Gasteiger partial charge < -0.3 is 4.90 Å². The summed E-state index contributed by atoms with van der Waals surface area (Å²) in [5, 5.41) is 0.630. The molecule has 0 unspecified atom stereocenters. The lowest BCUT2D eigenvalue weighted by atomic mass is 9.99. The van der Waals surface area contributed by atoms with Crippen LogP contribution in [0.2, 0.25) is 5.02 Å². The molecular formula is C21H16ClN2O. The van der Waals surface area contributed by atoms with Crippen LogP contribution >= 0.6 is 11.6 Å². The maximum Gasteiger partial charge on any atom is 0.248 e. The smallest absolute Gasteiger partial charge is 0.248 e. The monoisotopic (exact) mass is 347 g/mol. The molecule has 2 aromatic rings. The molecular weight excluding hydrogens is 332 g/mol. The highest BCUT2D eigenvalue weighted by Gasteiger charge is 2.29. The molecule has 1 fully saturated rings. The number of nitrogens with zero attached hydrogens (tertiary/aromatic N) is 2. The topological polar surface area (TPSA) is 32.7 Å². The van der Waals surface area contributed by atoms with Gasteiger partial charge in [-0.1, -0.05) is 41.9 Å². The third kappa shape index (κ3) is 3.34. The second-order valence-electron chi connectivity index (χ2n) is 5.97. The van der Waals surface area contributed by atoms with E-state index in [1.165, 1.54) is 0 Å². The average molecular weight is 348 g/mol. The third-order valence-electron chi connectivity index (χ3n) is 4.30. The Morgan fingerprint density at radius 1 is 1.04 bits per heavy atom. The van der Waals surface area contributed by atoms with Crippen LogP contribution in [0.1, 0.15) is 11.1 Å². The minimum absolute atomic E-state index is 0.0179. The second-order valence-corrected chi connectivity index (χ2v) is 6.40. The van der Waals surface area contributed by atoms with Crippen molar-refractivity contribution in [2.24, 2.45) is 4.99 Å². The Bertz CT molecular complexity index is 810. The van der Waals surface area contributed by atoms with Crippen LogP contribution in [0.4, 0.5) is 5.69 Å². The highest BCUT2D eigenvalue weighted by atomic mass is 35.5. The van der Waals surface area contributed by atoms with Gasteiger partial charge in [0.1, 0.15) is 6.54 Å². The Morgan fingerprint density at radius 2 is 1.80 bits per heavy atom. The maximum absolute atomic E-state index is 12.8. The van der Waals surface area contributed by atoms with Crippen molar-refractivity contribution in [3.63, 3.8) is 0 Å². The summed E-state index contributed by atoms with van der Waals surface area (Å²) in [4.78, 5) is 19.1. The van der Waals surface area contributed by atoms with E-state index < -0.39 is 0 Å². The first-order valence-corrected chi connectivity index (χ1v) is 8.51. The molecule has 1 amide bonds. The number of halogens is 1. The van der Waals surface area contributed by atoms with E-state index in [1.807, 2.05) is 74.2 Å². The lowest BCUT2D eigenvalue weighted by Crippen LogP contribution is -2.35. The fourth-order valence-electron chi connectivity index (χ4n) is 3.10. The van der Waals surface area contributed by atoms with Crippen LogP contribution in [0.15, 0.2) is 53.5 Å². The van der Waals surface area contributed by atoms with Gasteiger partial charge >= 0.3 is 0 Å². The molecule has 0 saturated heterocycles. The number of carbonyl (C=O) groups excluding carboxylic acids is 1. The molecule has 1 aliphatic carbocycles. The van der Waals surface area contributed by atoms with Crippen LogP contribution in [-0.2, 0) is 4.79 Å². The standard InChI is InChI=1S/C21H16ClN2O/c22-17-10-11-19-18(12-17)21(16-8-2-1-3-9-16)23-13-20(25)24(19)14-15-6-4-5-7-15/h1-12H,13-14H2. The number of fused-ring (bicyclic) bond motifs is 1. The molecule has 0 aromatic heterocycles. The largest absolute Gasteiger partial charge is 0.310 e. The van der Waals surface area contributed by atoms with E-state index in [0.717, 1.165) is 28.4 Å². The number of carbonyl (C=O) groups is 1. The summed E-state index contributed by atoms with van der Waals surface area (Å²) in [5.74, 6) is 1.08. The third-order valence-corrected chi connectivity index (χ3v) is 4.53. The molecule has 0 N–H and O–H groups in total. The van der Waals surface area contributed by atoms with Gasteiger partial charge in [0.05, 0.1) is 11.4 Å². The number of amides is 1. The van der Waals surface area contributed by atoms with Crippen molar-refractivity contribution >= 4 is 28.9 Å². The molecule has 1 heterocycles. The van der Waals surface area contributed by atoms with Crippen LogP contribution in [0.3, 0.4) is 0 Å². The predicted octanol–water partition coefficient (Wildman–Crippen LogP) is 3.93. The minimum Gasteiger partial charge on any atom is -0.310 e. The van der Waals surface area contributed by atoms with Gasteiger partial charge in [-0.15, -0.1) is 0 Å². The number of hydrogen-bond acceptors (Lipinski definition) is 2. The van der Waals surface area contributed by atoms with Crippen molar-refractivity contribution in [3.8, 4) is 0 Å². The number of rotatable bonds is 3. The molecule has 25 heavy (non-hydrogen) atoms. The van der Waals surface area contributed by atoms with E-state index >= 15 is 0 Å². The van der Waals surface area contributed by atoms with Crippen LogP contribution in [0.25, 0.3) is 0 Å². The summed E-state index contributed by atoms with van der Waals surface area (Å²) in [6.45, 7) is 0.648. The molecule has 0 atom stereocenters. The highest BCUT2D eigenvalue weighted by Crippen LogP contribution is 2.32. The zero-order chi connectivity index (χ0) is 17.2. The summed E-state index contributed by atoms with van der Waals surface area (Å²) < 4.78 is 0. The normalized spacial score (nSPS) is 18.0. The van der Waals surface area contributed by atoms with Crippen molar-refractivity contribution in [2.75, 3.05) is 18.0 Å². The first-order valence-electron chi connectivity index (χ1n) is 8.13. The van der Waals surface area contributed by atoms with E-state index in [1.54, 1.807) is 4.90 Å². The van der Waals surface area contributed by atoms with Gasteiger partial charge in [0.25, 0.3) is 0 Å². The van der Waals surface area contributed by atoms with E-state index in [0.29, 0.717) is 11.6 Å². The Hall–Kier alpha value is -2.13.